The lowest BCUT2D eigenvalue weighted by Gasteiger charge is -2.36. The highest BCUT2D eigenvalue weighted by Gasteiger charge is 2.29. The molecule has 6 heteroatoms. The number of benzene rings is 1. The van der Waals surface area contributed by atoms with Crippen LogP contribution in [-0.2, 0) is 14.3 Å². The van der Waals surface area contributed by atoms with Gasteiger partial charge in [-0.2, -0.15) is 0 Å². The monoisotopic (exact) mass is 335 g/mol. The molecule has 1 aromatic rings. The molecule has 0 spiro atoms. The fourth-order valence-corrected chi connectivity index (χ4v) is 2.10. The molecule has 0 aliphatic carbocycles. The van der Waals surface area contributed by atoms with Crippen molar-refractivity contribution in [3.63, 3.8) is 0 Å². The van der Waals surface area contributed by atoms with Gasteiger partial charge in [-0.05, 0) is 37.6 Å². The molecule has 132 valence electrons. The quantitative estimate of drug-likeness (QED) is 0.580. The van der Waals surface area contributed by atoms with Gasteiger partial charge in [0.25, 0.3) is 0 Å². The maximum atomic E-state index is 12.5. The minimum atomic E-state index is -0.788. The van der Waals surface area contributed by atoms with Crippen molar-refractivity contribution < 1.29 is 24.2 Å². The van der Waals surface area contributed by atoms with Crippen LogP contribution < -0.4 is 4.74 Å². The Morgan fingerprint density at radius 1 is 1.29 bits per heavy atom. The van der Waals surface area contributed by atoms with Gasteiger partial charge in [-0.1, -0.05) is 12.1 Å². The molecule has 1 amide bonds. The number of carbonyl (C=O) groups excluding carboxylic acids is 2. The third-order valence-corrected chi connectivity index (χ3v) is 3.66. The van der Waals surface area contributed by atoms with Crippen molar-refractivity contribution in [2.75, 3.05) is 27.4 Å². The van der Waals surface area contributed by atoms with Gasteiger partial charge in [0.2, 0.25) is 5.91 Å². The predicted octanol–water partition coefficient (Wildman–Crippen LogP) is 1.87. The van der Waals surface area contributed by atoms with Crippen LogP contribution in [0.2, 0.25) is 0 Å². The maximum Gasteiger partial charge on any atom is 0.307 e. The van der Waals surface area contributed by atoms with Crippen molar-refractivity contribution in [2.24, 2.45) is 0 Å². The van der Waals surface area contributed by atoms with E-state index in [9.17, 15) is 14.7 Å². The average Bonchev–Trinajstić information content (AvgIpc) is 2.59. The first-order valence-electron chi connectivity index (χ1n) is 7.65. The lowest BCUT2D eigenvalue weighted by molar-refractivity contribution is -0.142. The normalized spacial score (nSPS) is 11.4. The fraction of sp³-hybridized carbons (Fsp3) is 0.444. The first-order valence-corrected chi connectivity index (χ1v) is 7.65. The van der Waals surface area contributed by atoms with E-state index in [2.05, 4.69) is 4.74 Å². The van der Waals surface area contributed by atoms with Crippen LogP contribution in [0.25, 0.3) is 6.08 Å². The summed E-state index contributed by atoms with van der Waals surface area (Å²) in [7, 11) is 2.88. The molecule has 1 rings (SSSR count). The minimum Gasteiger partial charge on any atom is -0.497 e. The van der Waals surface area contributed by atoms with E-state index in [-0.39, 0.29) is 25.5 Å². The van der Waals surface area contributed by atoms with Crippen LogP contribution >= 0.6 is 0 Å². The highest BCUT2D eigenvalue weighted by molar-refractivity contribution is 5.92. The Balaban J connectivity index is 2.90. The topological polar surface area (TPSA) is 76.1 Å². The Kier molecular flexibility index (Phi) is 7.45. The van der Waals surface area contributed by atoms with E-state index in [1.807, 2.05) is 18.2 Å². The second-order valence-electron chi connectivity index (χ2n) is 5.90. The third-order valence-electron chi connectivity index (χ3n) is 3.66. The lowest BCUT2D eigenvalue weighted by Crippen LogP contribution is -2.50. The number of methoxy groups -OCH3 is 2. The number of nitrogens with zero attached hydrogens (tertiary/aromatic N) is 1. The molecule has 1 N–H and O–H groups in total. The van der Waals surface area contributed by atoms with Gasteiger partial charge in [0.05, 0.1) is 32.8 Å². The summed E-state index contributed by atoms with van der Waals surface area (Å²) in [5.41, 5.74) is 0.0292. The van der Waals surface area contributed by atoms with E-state index in [0.29, 0.717) is 5.75 Å². The van der Waals surface area contributed by atoms with E-state index in [0.717, 1.165) is 5.56 Å². The van der Waals surface area contributed by atoms with Crippen molar-refractivity contribution in [2.45, 2.75) is 25.8 Å². The maximum absolute atomic E-state index is 12.5. The zero-order valence-corrected chi connectivity index (χ0v) is 14.6. The number of carbonyl (C=O) groups is 2. The molecule has 24 heavy (non-hydrogen) atoms. The Morgan fingerprint density at radius 3 is 2.58 bits per heavy atom. The molecule has 0 aliphatic heterocycles. The summed E-state index contributed by atoms with van der Waals surface area (Å²) in [4.78, 5) is 25.3. The van der Waals surface area contributed by atoms with E-state index in [4.69, 9.17) is 4.74 Å². The molecule has 0 radical (unpaired) electrons. The van der Waals surface area contributed by atoms with Crippen molar-refractivity contribution in [3.05, 3.63) is 35.9 Å². The van der Waals surface area contributed by atoms with E-state index >= 15 is 0 Å². The number of aliphatic hydroxyl groups excluding tert-OH is 1. The Morgan fingerprint density at radius 2 is 2.00 bits per heavy atom. The van der Waals surface area contributed by atoms with Gasteiger partial charge in [0, 0.05) is 12.6 Å². The van der Waals surface area contributed by atoms with E-state index < -0.39 is 11.5 Å². The molecule has 0 fully saturated rings. The first-order chi connectivity index (χ1) is 11.3. The number of amides is 1. The van der Waals surface area contributed by atoms with Crippen molar-refractivity contribution in [1.82, 2.24) is 4.90 Å². The fourth-order valence-electron chi connectivity index (χ4n) is 2.10. The minimum absolute atomic E-state index is 0.0681. The number of hydrogen-bond acceptors (Lipinski definition) is 5. The van der Waals surface area contributed by atoms with E-state index in [1.165, 1.54) is 18.1 Å². The van der Waals surface area contributed by atoms with Crippen LogP contribution in [0.4, 0.5) is 0 Å². The van der Waals surface area contributed by atoms with Crippen LogP contribution in [0.15, 0.2) is 30.3 Å². The molecule has 6 nitrogen and oxygen atoms in total. The Hall–Kier alpha value is -2.34. The molecular formula is C18H25NO5. The number of ether oxygens (including phenoxy) is 2. The van der Waals surface area contributed by atoms with Crippen molar-refractivity contribution in [1.29, 1.82) is 0 Å². The van der Waals surface area contributed by atoms with Gasteiger partial charge < -0.3 is 19.5 Å². The molecule has 0 aromatic heterocycles. The first kappa shape index (κ1) is 19.7. The molecule has 0 saturated carbocycles. The summed E-state index contributed by atoms with van der Waals surface area (Å²) in [5, 5.41) is 9.54. The Bertz CT molecular complexity index is 595. The van der Waals surface area contributed by atoms with E-state index in [1.54, 1.807) is 33.1 Å². The van der Waals surface area contributed by atoms with Crippen molar-refractivity contribution >= 4 is 18.0 Å². The second kappa shape index (κ2) is 9.08. The SMILES string of the molecule is COC(=O)CCN(C(=O)/C=C/c1cccc(OC)c1)C(C)(C)CO. The zero-order valence-electron chi connectivity index (χ0n) is 14.6. The van der Waals surface area contributed by atoms with Crippen LogP contribution in [0, 0.1) is 0 Å². The lowest BCUT2D eigenvalue weighted by atomic mass is 10.0. The molecular weight excluding hydrogens is 310 g/mol. The van der Waals surface area contributed by atoms with Crippen molar-refractivity contribution in [3.8, 4) is 5.75 Å². The van der Waals surface area contributed by atoms with Gasteiger partial charge in [-0.3, -0.25) is 9.59 Å². The third kappa shape index (κ3) is 5.70. The number of rotatable bonds is 8. The van der Waals surface area contributed by atoms with Crippen LogP contribution in [0.1, 0.15) is 25.8 Å². The summed E-state index contributed by atoms with van der Waals surface area (Å²) in [6.07, 6.45) is 3.16. The number of esters is 1. The molecule has 0 heterocycles. The average molecular weight is 335 g/mol. The van der Waals surface area contributed by atoms with Gasteiger partial charge >= 0.3 is 5.97 Å². The molecule has 1 aromatic carbocycles. The van der Waals surface area contributed by atoms with Gasteiger partial charge in [-0.15, -0.1) is 0 Å². The highest BCUT2D eigenvalue weighted by Crippen LogP contribution is 2.17. The molecule has 0 atom stereocenters. The van der Waals surface area contributed by atoms with Gasteiger partial charge in [0.15, 0.2) is 0 Å². The molecule has 0 saturated heterocycles. The summed E-state index contributed by atoms with van der Waals surface area (Å²) in [6, 6.07) is 7.30. The molecule has 0 bridgehead atoms. The van der Waals surface area contributed by atoms with Crippen LogP contribution in [-0.4, -0.2) is 54.8 Å². The predicted molar refractivity (Wildman–Crippen MR) is 91.5 cm³/mol. The van der Waals surface area contributed by atoms with Gasteiger partial charge in [0.1, 0.15) is 5.75 Å². The largest absolute Gasteiger partial charge is 0.497 e. The smallest absolute Gasteiger partial charge is 0.307 e. The summed E-state index contributed by atoms with van der Waals surface area (Å²) >= 11 is 0. The highest BCUT2D eigenvalue weighted by atomic mass is 16.5. The second-order valence-corrected chi connectivity index (χ2v) is 5.90. The zero-order chi connectivity index (χ0) is 18.2. The number of aliphatic hydroxyl groups is 1. The Labute approximate surface area is 142 Å². The molecule has 0 aliphatic rings. The molecule has 0 unspecified atom stereocenters. The van der Waals surface area contributed by atoms with Crippen LogP contribution in [0.5, 0.6) is 5.75 Å². The standard InChI is InChI=1S/C18H25NO5/c1-18(2,13-20)19(11-10-17(22)24-4)16(21)9-8-14-6-5-7-15(12-14)23-3/h5-9,12,20H,10-11,13H2,1-4H3/b9-8+. The summed E-state index contributed by atoms with van der Waals surface area (Å²) in [6.45, 7) is 3.43. The summed E-state index contributed by atoms with van der Waals surface area (Å²) in [5.74, 6) is 0.00178. The number of hydrogen-bond donors (Lipinski definition) is 1. The van der Waals surface area contributed by atoms with Crippen LogP contribution in [0.3, 0.4) is 0 Å². The van der Waals surface area contributed by atoms with Gasteiger partial charge in [-0.25, -0.2) is 0 Å². The summed E-state index contributed by atoms with van der Waals surface area (Å²) < 4.78 is 9.75.